The third kappa shape index (κ3) is 10.3. The molecule has 138 valence electrons. The summed E-state index contributed by atoms with van der Waals surface area (Å²) in [5.74, 6) is -0.322. The maximum absolute atomic E-state index is 10.8. The van der Waals surface area contributed by atoms with Crippen LogP contribution in [0.4, 0.5) is 13.2 Å². The van der Waals surface area contributed by atoms with Crippen LogP contribution in [-0.2, 0) is 19.6 Å². The molecule has 0 amide bonds. The Bertz CT molecular complexity index is 450. The van der Waals surface area contributed by atoms with Crippen LogP contribution in [0.2, 0.25) is 0 Å². The van der Waals surface area contributed by atoms with Gasteiger partial charge in [-0.3, -0.25) is 0 Å². The fraction of sp³-hybridized carbons (Fsp3) is 0.769. The molecule has 0 aromatic carbocycles. The van der Waals surface area contributed by atoms with Gasteiger partial charge in [-0.1, -0.05) is 6.58 Å². The van der Waals surface area contributed by atoms with Crippen molar-refractivity contribution in [1.82, 2.24) is 0 Å². The lowest BCUT2D eigenvalue weighted by Crippen LogP contribution is -2.48. The molecule has 0 radical (unpaired) electrons. The van der Waals surface area contributed by atoms with E-state index >= 15 is 0 Å². The van der Waals surface area contributed by atoms with E-state index in [4.69, 9.17) is 17.7 Å². The van der Waals surface area contributed by atoms with Gasteiger partial charge in [0.1, 0.15) is 0 Å². The second kappa shape index (κ2) is 10.6. The summed E-state index contributed by atoms with van der Waals surface area (Å²) in [6, 6.07) is 0. The first-order valence-electron chi connectivity index (χ1n) is 7.05. The summed E-state index contributed by atoms with van der Waals surface area (Å²) in [6.45, 7) is 15.0. The zero-order valence-corrected chi connectivity index (χ0v) is 14.4. The fourth-order valence-corrected chi connectivity index (χ4v) is 1.78. The molecule has 0 heterocycles. The number of alkyl halides is 3. The second-order valence-electron chi connectivity index (χ2n) is 4.64. The summed E-state index contributed by atoms with van der Waals surface area (Å²) in [6.07, 6.45) is 2.14. The van der Waals surface area contributed by atoms with Gasteiger partial charge in [-0.25, -0.2) is 13.2 Å². The molecule has 0 N–H and O–H groups in total. The molecule has 0 fully saturated rings. The highest BCUT2D eigenvalue weighted by molar-refractivity contribution is 7.86. The van der Waals surface area contributed by atoms with E-state index in [1.807, 2.05) is 0 Å². The molecule has 6 nitrogen and oxygen atoms in total. The fourth-order valence-electron chi connectivity index (χ4n) is 1.78. The van der Waals surface area contributed by atoms with E-state index in [0.29, 0.717) is 6.61 Å². The first-order chi connectivity index (χ1) is 10.4. The number of ether oxygens (including phenoxy) is 1. The smallest absolute Gasteiger partial charge is 0.485 e. The average Bonchev–Trinajstić information content (AvgIpc) is 2.46. The van der Waals surface area contributed by atoms with Crippen LogP contribution >= 0.6 is 0 Å². The minimum Gasteiger partial charge on any atom is -0.741 e. The molecule has 0 aliphatic carbocycles. The van der Waals surface area contributed by atoms with Crippen molar-refractivity contribution in [2.45, 2.75) is 32.7 Å². The first kappa shape index (κ1) is 24.1. The topological polar surface area (TPSA) is 83.5 Å². The van der Waals surface area contributed by atoms with E-state index in [2.05, 4.69) is 27.4 Å². The molecule has 10 heteroatoms. The maximum atomic E-state index is 10.8. The largest absolute Gasteiger partial charge is 0.741 e. The summed E-state index contributed by atoms with van der Waals surface area (Å²) in [4.78, 5) is 10.8. The molecular weight excluding hydrogens is 339 g/mol. The minimum absolute atomic E-state index is 0.322. The van der Waals surface area contributed by atoms with Gasteiger partial charge in [0.25, 0.3) is 0 Å². The van der Waals surface area contributed by atoms with Crippen molar-refractivity contribution < 1.29 is 40.2 Å². The quantitative estimate of drug-likeness (QED) is 0.165. The average molecular weight is 363 g/mol. The number of hydrogen-bond donors (Lipinski definition) is 0. The van der Waals surface area contributed by atoms with Crippen molar-refractivity contribution in [3.05, 3.63) is 12.7 Å². The van der Waals surface area contributed by atoms with Gasteiger partial charge in [0, 0.05) is 12.5 Å². The Balaban J connectivity index is 0. The van der Waals surface area contributed by atoms with Gasteiger partial charge in [0.15, 0.2) is 10.1 Å². The molecule has 23 heavy (non-hydrogen) atoms. The number of carbonyl (C=O) groups is 1. The molecule has 0 atom stereocenters. The lowest BCUT2D eigenvalue weighted by molar-refractivity contribution is -0.923. The van der Waals surface area contributed by atoms with E-state index in [9.17, 15) is 18.0 Å². The Morgan fingerprint density at radius 3 is 1.87 bits per heavy atom. The Morgan fingerprint density at radius 2 is 1.61 bits per heavy atom. The summed E-state index contributed by atoms with van der Waals surface area (Å²) >= 11 is 0. The van der Waals surface area contributed by atoms with Crippen molar-refractivity contribution in [1.29, 1.82) is 0 Å². The predicted molar refractivity (Wildman–Crippen MR) is 78.3 cm³/mol. The Hall–Kier alpha value is -1.13. The van der Waals surface area contributed by atoms with E-state index in [-0.39, 0.29) is 5.97 Å². The molecule has 0 rings (SSSR count). The third-order valence-corrected chi connectivity index (χ3v) is 4.05. The van der Waals surface area contributed by atoms with Gasteiger partial charge in [-0.05, 0) is 20.8 Å². The second-order valence-corrected chi connectivity index (χ2v) is 6.01. The molecule has 0 aliphatic rings. The highest BCUT2D eigenvalue weighted by Gasteiger charge is 2.36. The SMILES string of the molecule is C=CC(=O)OCCC[N+](CC)(CC)CC.O=S(=O)([O-])C(F)(F)F. The summed E-state index contributed by atoms with van der Waals surface area (Å²) in [7, 11) is -6.09. The molecule has 0 aromatic rings. The zero-order chi connectivity index (χ0) is 18.7. The van der Waals surface area contributed by atoms with Crippen LogP contribution in [0.25, 0.3) is 0 Å². The van der Waals surface area contributed by atoms with E-state index in [0.717, 1.165) is 37.1 Å². The molecule has 0 aliphatic heterocycles. The van der Waals surface area contributed by atoms with Crippen LogP contribution in [0.15, 0.2) is 12.7 Å². The van der Waals surface area contributed by atoms with Crippen molar-refractivity contribution in [2.75, 3.05) is 32.8 Å². The molecule has 0 aromatic heterocycles. The monoisotopic (exact) mass is 363 g/mol. The number of nitrogens with zero attached hydrogens (tertiary/aromatic N) is 1. The Labute approximate surface area is 135 Å². The lowest BCUT2D eigenvalue weighted by Gasteiger charge is -2.35. The van der Waals surface area contributed by atoms with Crippen molar-refractivity contribution >= 4 is 16.1 Å². The molecule has 0 unspecified atom stereocenters. The number of quaternary nitrogens is 1. The van der Waals surface area contributed by atoms with Gasteiger partial charge >= 0.3 is 11.5 Å². The van der Waals surface area contributed by atoms with Crippen LogP contribution in [0, 0.1) is 0 Å². The predicted octanol–water partition coefficient (Wildman–Crippen LogP) is 2.03. The van der Waals surface area contributed by atoms with Gasteiger partial charge in [0.2, 0.25) is 0 Å². The number of rotatable bonds is 8. The maximum Gasteiger partial charge on any atom is 0.485 e. The third-order valence-electron chi connectivity index (χ3n) is 3.48. The molecule has 0 saturated carbocycles. The van der Waals surface area contributed by atoms with Crippen LogP contribution < -0.4 is 0 Å². The van der Waals surface area contributed by atoms with Crippen molar-refractivity contribution in [3.63, 3.8) is 0 Å². The lowest BCUT2D eigenvalue weighted by atomic mass is 10.3. The van der Waals surface area contributed by atoms with Crippen LogP contribution in [-0.4, -0.2) is 61.7 Å². The van der Waals surface area contributed by atoms with Crippen LogP contribution in [0.3, 0.4) is 0 Å². The van der Waals surface area contributed by atoms with Crippen LogP contribution in [0.1, 0.15) is 27.2 Å². The molecule has 0 spiro atoms. The van der Waals surface area contributed by atoms with Crippen LogP contribution in [0.5, 0.6) is 0 Å². The van der Waals surface area contributed by atoms with Crippen molar-refractivity contribution in [2.24, 2.45) is 0 Å². The number of esters is 1. The molecular formula is C13H24F3NO5S. The minimum atomic E-state index is -6.09. The summed E-state index contributed by atoms with van der Waals surface area (Å²) in [5.41, 5.74) is -5.65. The van der Waals surface area contributed by atoms with E-state index in [1.165, 1.54) is 6.08 Å². The summed E-state index contributed by atoms with van der Waals surface area (Å²) in [5, 5.41) is 0. The Morgan fingerprint density at radius 1 is 1.22 bits per heavy atom. The number of carbonyl (C=O) groups excluding carboxylic acids is 1. The van der Waals surface area contributed by atoms with Crippen molar-refractivity contribution in [3.8, 4) is 0 Å². The standard InChI is InChI=1S/C12H24NO2.CHF3O3S/c1-5-12(14)15-11-9-10-13(6-2,7-3)8-4;2-1(3,4)8(5,6)7/h5H,1,6-11H2,2-4H3;(H,5,6,7)/q+1;/p-1. The number of hydrogen-bond acceptors (Lipinski definition) is 5. The molecule has 0 saturated heterocycles. The van der Waals surface area contributed by atoms with Gasteiger partial charge < -0.3 is 13.8 Å². The highest BCUT2D eigenvalue weighted by Crippen LogP contribution is 2.20. The Kier molecular flexibility index (Phi) is 11.1. The zero-order valence-electron chi connectivity index (χ0n) is 13.6. The first-order valence-corrected chi connectivity index (χ1v) is 8.46. The highest BCUT2D eigenvalue weighted by atomic mass is 32.2. The van der Waals surface area contributed by atoms with Gasteiger partial charge in [-0.2, -0.15) is 13.2 Å². The van der Waals surface area contributed by atoms with Gasteiger partial charge in [-0.15, -0.1) is 0 Å². The summed E-state index contributed by atoms with van der Waals surface area (Å²) < 4.78 is 65.0. The van der Waals surface area contributed by atoms with E-state index in [1.54, 1.807) is 0 Å². The molecule has 0 bridgehead atoms. The normalized spacial score (nSPS) is 12.1. The van der Waals surface area contributed by atoms with Gasteiger partial charge in [0.05, 0.1) is 32.8 Å². The van der Waals surface area contributed by atoms with E-state index < -0.39 is 15.6 Å². The number of halogens is 3.